The fourth-order valence-corrected chi connectivity index (χ4v) is 2.50. The Kier molecular flexibility index (Phi) is 4.10. The van der Waals surface area contributed by atoms with Crippen LogP contribution in [0.4, 0.5) is 8.78 Å². The topological polar surface area (TPSA) is 12.0 Å². The van der Waals surface area contributed by atoms with Gasteiger partial charge in [0.05, 0.1) is 4.34 Å². The molecule has 0 amide bonds. The number of rotatable bonds is 4. The molecule has 0 bridgehead atoms. The Balaban J connectivity index is 1.91. The van der Waals surface area contributed by atoms with Crippen LogP contribution in [0.5, 0.6) is 0 Å². The van der Waals surface area contributed by atoms with Gasteiger partial charge in [-0.3, -0.25) is 0 Å². The summed E-state index contributed by atoms with van der Waals surface area (Å²) >= 11 is 7.25. The van der Waals surface area contributed by atoms with Crippen molar-refractivity contribution in [2.24, 2.45) is 0 Å². The summed E-state index contributed by atoms with van der Waals surface area (Å²) in [6.07, 6.45) is 0. The molecular weight excluding hydrogens is 264 g/mol. The second kappa shape index (κ2) is 5.58. The molecule has 0 unspecified atom stereocenters. The maximum atomic E-state index is 13.3. The molecule has 1 aromatic carbocycles. The van der Waals surface area contributed by atoms with Gasteiger partial charge in [-0.05, 0) is 30.3 Å². The van der Waals surface area contributed by atoms with Crippen molar-refractivity contribution in [3.05, 3.63) is 56.7 Å². The molecule has 0 aliphatic carbocycles. The van der Waals surface area contributed by atoms with E-state index in [9.17, 15) is 8.78 Å². The monoisotopic (exact) mass is 273 g/mol. The van der Waals surface area contributed by atoms with E-state index in [1.165, 1.54) is 17.4 Å². The molecule has 1 aromatic heterocycles. The van der Waals surface area contributed by atoms with E-state index in [1.807, 2.05) is 12.1 Å². The summed E-state index contributed by atoms with van der Waals surface area (Å²) in [6, 6.07) is 7.16. The maximum Gasteiger partial charge on any atom is 0.127 e. The molecule has 0 saturated carbocycles. The minimum Gasteiger partial charge on any atom is -0.308 e. The van der Waals surface area contributed by atoms with Gasteiger partial charge in [-0.15, -0.1) is 11.3 Å². The van der Waals surface area contributed by atoms with Crippen molar-refractivity contribution in [3.8, 4) is 0 Å². The second-order valence-electron chi connectivity index (χ2n) is 3.55. The van der Waals surface area contributed by atoms with E-state index >= 15 is 0 Å². The highest BCUT2D eigenvalue weighted by molar-refractivity contribution is 7.16. The lowest BCUT2D eigenvalue weighted by Gasteiger charge is -2.04. The molecule has 1 nitrogen and oxygen atoms in total. The summed E-state index contributed by atoms with van der Waals surface area (Å²) in [5.74, 6) is -0.828. The van der Waals surface area contributed by atoms with Crippen LogP contribution in [-0.2, 0) is 13.1 Å². The number of nitrogens with one attached hydrogen (secondary N) is 1. The van der Waals surface area contributed by atoms with Crippen molar-refractivity contribution in [1.82, 2.24) is 5.32 Å². The van der Waals surface area contributed by atoms with Crippen molar-refractivity contribution < 1.29 is 8.78 Å². The highest BCUT2D eigenvalue weighted by Crippen LogP contribution is 2.21. The highest BCUT2D eigenvalue weighted by Gasteiger charge is 2.04. The van der Waals surface area contributed by atoms with E-state index in [-0.39, 0.29) is 0 Å². The molecule has 1 heterocycles. The first kappa shape index (κ1) is 12.5. The Bertz CT molecular complexity index is 513. The Labute approximate surface area is 107 Å². The van der Waals surface area contributed by atoms with Gasteiger partial charge in [-0.1, -0.05) is 11.6 Å². The predicted molar refractivity (Wildman–Crippen MR) is 66.2 cm³/mol. The van der Waals surface area contributed by atoms with E-state index in [1.54, 1.807) is 0 Å². The normalized spacial score (nSPS) is 10.8. The number of hydrogen-bond donors (Lipinski definition) is 1. The molecule has 90 valence electrons. The zero-order chi connectivity index (χ0) is 12.3. The lowest BCUT2D eigenvalue weighted by Crippen LogP contribution is -2.13. The maximum absolute atomic E-state index is 13.3. The zero-order valence-corrected chi connectivity index (χ0v) is 10.4. The van der Waals surface area contributed by atoms with E-state index in [0.717, 1.165) is 21.3 Å². The smallest absolute Gasteiger partial charge is 0.127 e. The van der Waals surface area contributed by atoms with Gasteiger partial charge in [-0.25, -0.2) is 8.78 Å². The third-order valence-electron chi connectivity index (χ3n) is 2.25. The molecule has 0 spiro atoms. The largest absolute Gasteiger partial charge is 0.308 e. The van der Waals surface area contributed by atoms with Crippen molar-refractivity contribution in [1.29, 1.82) is 0 Å². The van der Waals surface area contributed by atoms with Crippen molar-refractivity contribution in [2.45, 2.75) is 13.1 Å². The first-order valence-electron chi connectivity index (χ1n) is 5.04. The van der Waals surface area contributed by atoms with E-state index in [4.69, 9.17) is 11.6 Å². The Morgan fingerprint density at radius 2 is 1.94 bits per heavy atom. The fourth-order valence-electron chi connectivity index (χ4n) is 1.45. The summed E-state index contributed by atoms with van der Waals surface area (Å²) < 4.78 is 26.9. The lowest BCUT2D eigenvalue weighted by atomic mass is 10.2. The van der Waals surface area contributed by atoms with Gasteiger partial charge >= 0.3 is 0 Å². The van der Waals surface area contributed by atoms with E-state index in [2.05, 4.69) is 5.32 Å². The Morgan fingerprint density at radius 3 is 2.65 bits per heavy atom. The quantitative estimate of drug-likeness (QED) is 0.889. The number of halogens is 3. The van der Waals surface area contributed by atoms with Crippen molar-refractivity contribution in [3.63, 3.8) is 0 Å². The fraction of sp³-hybridized carbons (Fsp3) is 0.167. The van der Waals surface area contributed by atoms with Crippen LogP contribution in [0.2, 0.25) is 4.34 Å². The summed E-state index contributed by atoms with van der Waals surface area (Å²) in [7, 11) is 0. The van der Waals surface area contributed by atoms with Crippen LogP contribution >= 0.6 is 22.9 Å². The summed E-state index contributed by atoms with van der Waals surface area (Å²) in [5, 5.41) is 3.04. The molecule has 2 rings (SSSR count). The van der Waals surface area contributed by atoms with Crippen molar-refractivity contribution >= 4 is 22.9 Å². The van der Waals surface area contributed by atoms with E-state index < -0.39 is 11.6 Å². The number of hydrogen-bond acceptors (Lipinski definition) is 2. The SMILES string of the molecule is Fc1ccc(F)c(CNCc2ccc(Cl)s2)c1. The molecule has 0 aliphatic rings. The number of thiophene rings is 1. The second-order valence-corrected chi connectivity index (χ2v) is 5.34. The standard InChI is InChI=1S/C12H10ClF2NS/c13-12-4-2-10(17-12)7-16-6-8-5-9(14)1-3-11(8)15/h1-5,16H,6-7H2. The molecule has 5 heteroatoms. The lowest BCUT2D eigenvalue weighted by molar-refractivity contribution is 0.569. The molecule has 0 radical (unpaired) electrons. The van der Waals surface area contributed by atoms with Crippen LogP contribution < -0.4 is 5.32 Å². The molecule has 0 fully saturated rings. The zero-order valence-electron chi connectivity index (χ0n) is 8.84. The first-order valence-corrected chi connectivity index (χ1v) is 6.23. The van der Waals surface area contributed by atoms with Gasteiger partial charge in [-0.2, -0.15) is 0 Å². The van der Waals surface area contributed by atoms with Gasteiger partial charge in [0, 0.05) is 23.5 Å². The molecular formula is C12H10ClF2NS. The average Bonchev–Trinajstić information content (AvgIpc) is 2.69. The summed E-state index contributed by atoms with van der Waals surface area (Å²) in [5.41, 5.74) is 0.327. The van der Waals surface area contributed by atoms with Crippen LogP contribution in [0.3, 0.4) is 0 Å². The summed E-state index contributed by atoms with van der Waals surface area (Å²) in [4.78, 5) is 1.06. The molecule has 2 aromatic rings. The molecule has 1 N–H and O–H groups in total. The Hall–Kier alpha value is -0.970. The van der Waals surface area contributed by atoms with Gasteiger partial charge in [0.2, 0.25) is 0 Å². The van der Waals surface area contributed by atoms with Crippen LogP contribution in [0.15, 0.2) is 30.3 Å². The third-order valence-corrected chi connectivity index (χ3v) is 3.48. The molecule has 0 saturated heterocycles. The van der Waals surface area contributed by atoms with Gasteiger partial charge in [0.25, 0.3) is 0 Å². The van der Waals surface area contributed by atoms with Crippen LogP contribution in [0.1, 0.15) is 10.4 Å². The number of benzene rings is 1. The van der Waals surface area contributed by atoms with Gasteiger partial charge < -0.3 is 5.32 Å². The van der Waals surface area contributed by atoms with Crippen LogP contribution in [0.25, 0.3) is 0 Å². The van der Waals surface area contributed by atoms with Crippen LogP contribution in [-0.4, -0.2) is 0 Å². The minimum absolute atomic E-state index is 0.291. The predicted octanol–water partition coefficient (Wildman–Crippen LogP) is 3.97. The Morgan fingerprint density at radius 1 is 1.12 bits per heavy atom. The van der Waals surface area contributed by atoms with E-state index in [0.29, 0.717) is 18.7 Å². The summed E-state index contributed by atoms with van der Waals surface area (Å²) in [6.45, 7) is 0.881. The first-order chi connectivity index (χ1) is 8.15. The highest BCUT2D eigenvalue weighted by atomic mass is 35.5. The van der Waals surface area contributed by atoms with Gasteiger partial charge in [0.1, 0.15) is 11.6 Å². The molecule has 0 atom stereocenters. The van der Waals surface area contributed by atoms with Gasteiger partial charge in [0.15, 0.2) is 0 Å². The van der Waals surface area contributed by atoms with Crippen molar-refractivity contribution in [2.75, 3.05) is 0 Å². The third kappa shape index (κ3) is 3.49. The average molecular weight is 274 g/mol. The van der Waals surface area contributed by atoms with Crippen LogP contribution in [0, 0.1) is 11.6 Å². The molecule has 17 heavy (non-hydrogen) atoms. The molecule has 0 aliphatic heterocycles. The minimum atomic E-state index is -0.428.